The number of rotatable bonds is 6. The second-order valence-electron chi connectivity index (χ2n) is 10.6. The van der Waals surface area contributed by atoms with Crippen LogP contribution in [0.2, 0.25) is 0 Å². The van der Waals surface area contributed by atoms with Gasteiger partial charge in [-0.05, 0) is 81.7 Å². The fourth-order valence-corrected chi connectivity index (χ4v) is 7.50. The van der Waals surface area contributed by atoms with Crippen LogP contribution >= 0.6 is 0 Å². The van der Waals surface area contributed by atoms with E-state index in [0.717, 1.165) is 57.2 Å². The van der Waals surface area contributed by atoms with Crippen molar-refractivity contribution >= 4 is 17.3 Å². The van der Waals surface area contributed by atoms with Crippen LogP contribution in [-0.2, 0) is 14.4 Å². The Morgan fingerprint density at radius 2 is 1.93 bits per heavy atom. The van der Waals surface area contributed by atoms with E-state index < -0.39 is 0 Å². The van der Waals surface area contributed by atoms with Crippen LogP contribution in [-0.4, -0.2) is 49.2 Å². The molecule has 6 nitrogen and oxygen atoms in total. The van der Waals surface area contributed by atoms with Crippen molar-refractivity contribution in [3.63, 3.8) is 0 Å². The third-order valence-electron chi connectivity index (χ3n) is 9.31. The molecule has 30 heavy (non-hydrogen) atoms. The summed E-state index contributed by atoms with van der Waals surface area (Å²) in [4.78, 5) is 31.8. The van der Waals surface area contributed by atoms with Gasteiger partial charge in [-0.1, -0.05) is 19.0 Å². The van der Waals surface area contributed by atoms with Crippen molar-refractivity contribution in [3.8, 4) is 0 Å². The maximum Gasteiger partial charge on any atom is 0.142 e. The van der Waals surface area contributed by atoms with E-state index in [-0.39, 0.29) is 46.9 Å². The van der Waals surface area contributed by atoms with Gasteiger partial charge in [0.1, 0.15) is 18.2 Å². The fourth-order valence-electron chi connectivity index (χ4n) is 7.50. The third kappa shape index (κ3) is 3.35. The van der Waals surface area contributed by atoms with Gasteiger partial charge in [0.15, 0.2) is 0 Å². The zero-order valence-electron chi connectivity index (χ0n) is 18.8. The van der Waals surface area contributed by atoms with E-state index in [1.54, 1.807) is 0 Å². The van der Waals surface area contributed by atoms with Gasteiger partial charge in [-0.3, -0.25) is 9.59 Å². The highest BCUT2D eigenvalue weighted by molar-refractivity contribution is 5.93. The van der Waals surface area contributed by atoms with E-state index in [9.17, 15) is 14.7 Å². The van der Waals surface area contributed by atoms with Gasteiger partial charge in [-0.25, -0.2) is 0 Å². The molecule has 2 N–H and O–H groups in total. The number of aliphatic hydroxyl groups excluding tert-OH is 1. The summed E-state index contributed by atoms with van der Waals surface area (Å²) in [6, 6.07) is 0. The van der Waals surface area contributed by atoms with Gasteiger partial charge >= 0.3 is 0 Å². The molecule has 0 radical (unpaired) electrons. The summed E-state index contributed by atoms with van der Waals surface area (Å²) < 4.78 is 0. The predicted octanol–water partition coefficient (Wildman–Crippen LogP) is 2.98. The maximum absolute atomic E-state index is 13.7. The molecule has 0 saturated heterocycles. The van der Waals surface area contributed by atoms with Crippen LogP contribution in [0.5, 0.6) is 0 Å². The molecule has 0 aromatic heterocycles. The van der Waals surface area contributed by atoms with Gasteiger partial charge in [0.2, 0.25) is 0 Å². The lowest BCUT2D eigenvalue weighted by Crippen LogP contribution is -2.61. The number of ketones is 2. The first-order valence-corrected chi connectivity index (χ1v) is 11.9. The Labute approximate surface area is 180 Å². The number of carbonyl (C=O) groups is 2. The summed E-state index contributed by atoms with van der Waals surface area (Å²) in [5.41, 5.74) is 0.718. The Balaban J connectivity index is 1.56. The van der Waals surface area contributed by atoms with Crippen molar-refractivity contribution in [3.05, 3.63) is 0 Å². The molecule has 1 unspecified atom stereocenters. The molecule has 0 spiro atoms. The monoisotopic (exact) mass is 418 g/mol. The number of oxime groups is 1. The van der Waals surface area contributed by atoms with Crippen LogP contribution in [0.3, 0.4) is 0 Å². The number of nitrogens with one attached hydrogen (secondary N) is 1. The fraction of sp³-hybridized carbons (Fsp3) is 0.875. The van der Waals surface area contributed by atoms with E-state index in [2.05, 4.69) is 24.3 Å². The van der Waals surface area contributed by atoms with Crippen molar-refractivity contribution in [2.45, 2.75) is 65.2 Å². The summed E-state index contributed by atoms with van der Waals surface area (Å²) in [6.45, 7) is 5.83. The van der Waals surface area contributed by atoms with Crippen molar-refractivity contribution in [1.82, 2.24) is 5.32 Å². The summed E-state index contributed by atoms with van der Waals surface area (Å²) in [5, 5.41) is 17.8. The minimum Gasteiger partial charge on any atom is -0.396 e. The molecule has 0 heterocycles. The SMILES string of the molecule is CNCCCO/N=C1/CC[C@@]2(C)C(C1)[C@@H](CO)C(=O)[C@@H]1[C@@H]2CC[C@]2(C)C(=O)CC[C@@H]12. The lowest BCUT2D eigenvalue weighted by Gasteiger charge is -2.60. The van der Waals surface area contributed by atoms with E-state index >= 15 is 0 Å². The minimum absolute atomic E-state index is 0.0179. The number of fused-ring (bicyclic) bond motifs is 5. The van der Waals surface area contributed by atoms with Crippen molar-refractivity contribution in [2.24, 2.45) is 45.6 Å². The molecule has 0 aromatic carbocycles. The molecule has 6 heteroatoms. The second kappa shape index (κ2) is 8.34. The quantitative estimate of drug-likeness (QED) is 0.511. The molecular weight excluding hydrogens is 380 g/mol. The van der Waals surface area contributed by atoms with E-state index in [4.69, 9.17) is 4.84 Å². The molecule has 4 aliphatic carbocycles. The lowest BCUT2D eigenvalue weighted by atomic mass is 9.43. The maximum atomic E-state index is 13.7. The lowest BCUT2D eigenvalue weighted by molar-refractivity contribution is -0.166. The number of hydrogen-bond donors (Lipinski definition) is 2. The van der Waals surface area contributed by atoms with E-state index in [0.29, 0.717) is 24.7 Å². The number of carbonyl (C=O) groups excluding carboxylic acids is 2. The smallest absolute Gasteiger partial charge is 0.142 e. The van der Waals surface area contributed by atoms with E-state index in [1.165, 1.54) is 0 Å². The standard InChI is InChI=1S/C24H38N2O4/c1-23-9-7-15(26-30-12-4-11-25-3)13-19(23)16(14-27)22(29)21-17-5-6-20(28)24(17,2)10-8-18(21)23/h16-19,21,25,27H,4-14H2,1-3H3/b26-15-/t16-,17+,18+,19?,21+,23-,24+/m1/s1. The van der Waals surface area contributed by atoms with Crippen LogP contribution in [0, 0.1) is 40.4 Å². The van der Waals surface area contributed by atoms with Gasteiger partial charge in [0.05, 0.1) is 12.3 Å². The average Bonchev–Trinajstić information content (AvgIpc) is 3.04. The average molecular weight is 419 g/mol. The Kier molecular flexibility index (Phi) is 6.10. The highest BCUT2D eigenvalue weighted by atomic mass is 16.6. The predicted molar refractivity (Wildman–Crippen MR) is 115 cm³/mol. The Hall–Kier alpha value is -1.27. The molecule has 7 atom stereocenters. The van der Waals surface area contributed by atoms with Crippen LogP contribution in [0.15, 0.2) is 5.16 Å². The first-order valence-electron chi connectivity index (χ1n) is 11.9. The van der Waals surface area contributed by atoms with Crippen molar-refractivity contribution < 1.29 is 19.5 Å². The van der Waals surface area contributed by atoms with Crippen LogP contribution in [0.1, 0.15) is 65.2 Å². The Bertz CT molecular complexity index is 722. The molecule has 4 saturated carbocycles. The van der Waals surface area contributed by atoms with E-state index in [1.807, 2.05) is 7.05 Å². The van der Waals surface area contributed by atoms with Gasteiger partial charge in [0.25, 0.3) is 0 Å². The van der Waals surface area contributed by atoms with Crippen molar-refractivity contribution in [2.75, 3.05) is 26.8 Å². The van der Waals surface area contributed by atoms with Gasteiger partial charge in [-0.2, -0.15) is 0 Å². The molecule has 0 aliphatic heterocycles. The molecule has 0 amide bonds. The minimum atomic E-state index is -0.343. The van der Waals surface area contributed by atoms with Crippen LogP contribution < -0.4 is 5.32 Å². The number of aliphatic hydroxyl groups is 1. The molecule has 168 valence electrons. The molecular formula is C24H38N2O4. The highest BCUT2D eigenvalue weighted by Gasteiger charge is 2.64. The Morgan fingerprint density at radius 3 is 2.67 bits per heavy atom. The van der Waals surface area contributed by atoms with Gasteiger partial charge < -0.3 is 15.3 Å². The largest absolute Gasteiger partial charge is 0.396 e. The molecule has 4 rings (SSSR count). The topological polar surface area (TPSA) is 88.0 Å². The number of hydrogen-bond acceptors (Lipinski definition) is 6. The molecule has 4 aliphatic rings. The third-order valence-corrected chi connectivity index (χ3v) is 9.31. The van der Waals surface area contributed by atoms with Gasteiger partial charge in [0, 0.05) is 23.7 Å². The number of Topliss-reactive ketones (excluding diaryl/α,β-unsaturated/α-hetero) is 2. The number of nitrogens with zero attached hydrogens (tertiary/aromatic N) is 1. The molecule has 0 aromatic rings. The summed E-state index contributed by atoms with van der Waals surface area (Å²) in [5.74, 6) is 0.750. The van der Waals surface area contributed by atoms with Gasteiger partial charge in [-0.15, -0.1) is 0 Å². The van der Waals surface area contributed by atoms with Crippen LogP contribution in [0.4, 0.5) is 0 Å². The van der Waals surface area contributed by atoms with Crippen LogP contribution in [0.25, 0.3) is 0 Å². The Morgan fingerprint density at radius 1 is 1.13 bits per heavy atom. The van der Waals surface area contributed by atoms with Crippen molar-refractivity contribution in [1.29, 1.82) is 0 Å². The second-order valence-corrected chi connectivity index (χ2v) is 10.6. The first-order chi connectivity index (χ1) is 14.4. The molecule has 0 bridgehead atoms. The summed E-state index contributed by atoms with van der Waals surface area (Å²) in [7, 11) is 1.92. The molecule has 4 fully saturated rings. The first kappa shape index (κ1) is 21.9. The summed E-state index contributed by atoms with van der Waals surface area (Å²) in [6.07, 6.45) is 6.85. The highest BCUT2D eigenvalue weighted by Crippen LogP contribution is 2.65. The zero-order valence-corrected chi connectivity index (χ0v) is 18.8. The summed E-state index contributed by atoms with van der Waals surface area (Å²) >= 11 is 0. The normalized spacial score (nSPS) is 44.5. The zero-order chi connectivity index (χ0) is 21.5.